The van der Waals surface area contributed by atoms with Crippen LogP contribution >= 0.6 is 31.9 Å². The highest BCUT2D eigenvalue weighted by Crippen LogP contribution is 2.27. The molecule has 2 aromatic rings. The molecule has 17 heavy (non-hydrogen) atoms. The van der Waals surface area contributed by atoms with Gasteiger partial charge in [0.1, 0.15) is 12.4 Å². The van der Waals surface area contributed by atoms with Crippen molar-refractivity contribution < 1.29 is 4.74 Å². The minimum absolute atomic E-state index is 0.528. The number of halogens is 2. The van der Waals surface area contributed by atoms with E-state index in [9.17, 15) is 0 Å². The van der Waals surface area contributed by atoms with E-state index in [-0.39, 0.29) is 0 Å². The predicted octanol–water partition coefficient (Wildman–Crippen LogP) is 3.66. The third-order valence-corrected chi connectivity index (χ3v) is 3.57. The number of benzene rings is 1. The summed E-state index contributed by atoms with van der Waals surface area (Å²) in [5, 5.41) is 4.94. The van der Waals surface area contributed by atoms with Crippen LogP contribution < -0.4 is 4.74 Å². The molecule has 5 heteroatoms. The van der Waals surface area contributed by atoms with E-state index < -0.39 is 0 Å². The maximum Gasteiger partial charge on any atom is 0.134 e. The lowest BCUT2D eigenvalue weighted by atomic mass is 10.2. The molecule has 3 nitrogen and oxygen atoms in total. The fourth-order valence-corrected chi connectivity index (χ4v) is 2.34. The van der Waals surface area contributed by atoms with Crippen molar-refractivity contribution in [3.8, 4) is 5.75 Å². The van der Waals surface area contributed by atoms with E-state index in [1.165, 1.54) is 5.56 Å². The fraction of sp³-hybridized carbons (Fsp3) is 0.250. The van der Waals surface area contributed by atoms with Crippen LogP contribution in [0.1, 0.15) is 11.1 Å². The second-order valence-corrected chi connectivity index (χ2v) is 5.12. The number of hydrogen-bond acceptors (Lipinski definition) is 2. The van der Waals surface area contributed by atoms with E-state index in [0.29, 0.717) is 6.61 Å². The summed E-state index contributed by atoms with van der Waals surface area (Å²) in [5.41, 5.74) is 2.27. The number of nitrogens with zero attached hydrogens (tertiary/aromatic N) is 2. The molecule has 0 atom stereocenters. The van der Waals surface area contributed by atoms with Gasteiger partial charge in [0.05, 0.1) is 10.7 Å². The molecule has 0 unspecified atom stereocenters. The second-order valence-electron chi connectivity index (χ2n) is 3.71. The van der Waals surface area contributed by atoms with E-state index in [1.54, 1.807) is 10.9 Å². The van der Waals surface area contributed by atoms with E-state index in [4.69, 9.17) is 4.74 Å². The number of ether oxygens (including phenoxy) is 1. The Balaban J connectivity index is 2.04. The maximum atomic E-state index is 5.72. The number of aromatic nitrogens is 2. The summed E-state index contributed by atoms with van der Waals surface area (Å²) in [7, 11) is 1.89. The van der Waals surface area contributed by atoms with Crippen molar-refractivity contribution in [3.63, 3.8) is 0 Å². The minimum Gasteiger partial charge on any atom is -0.488 e. The van der Waals surface area contributed by atoms with Crippen molar-refractivity contribution >= 4 is 31.9 Å². The molecule has 0 radical (unpaired) electrons. The Labute approximate surface area is 117 Å². The molecule has 2 rings (SSSR count). The smallest absolute Gasteiger partial charge is 0.134 e. The molecule has 0 amide bonds. The van der Waals surface area contributed by atoms with Crippen LogP contribution in [0.25, 0.3) is 0 Å². The van der Waals surface area contributed by atoms with E-state index in [2.05, 4.69) is 37.0 Å². The Morgan fingerprint density at radius 2 is 2.18 bits per heavy atom. The van der Waals surface area contributed by atoms with Crippen molar-refractivity contribution in [2.24, 2.45) is 7.05 Å². The summed E-state index contributed by atoms with van der Waals surface area (Å²) in [6.45, 7) is 0.528. The van der Waals surface area contributed by atoms with Crippen molar-refractivity contribution in [2.75, 3.05) is 0 Å². The second kappa shape index (κ2) is 5.69. The van der Waals surface area contributed by atoms with Gasteiger partial charge in [-0.3, -0.25) is 4.68 Å². The molecule has 0 N–H and O–H groups in total. The highest BCUT2D eigenvalue weighted by atomic mass is 79.9. The standard InChI is InChI=1S/C12H12Br2N2O/c1-16-7-10(6-15-16)8-17-12-3-2-9(5-13)4-11(12)14/h2-4,6-7H,5,8H2,1H3. The zero-order chi connectivity index (χ0) is 12.3. The van der Waals surface area contributed by atoms with Gasteiger partial charge in [-0.2, -0.15) is 5.10 Å². The zero-order valence-corrected chi connectivity index (χ0v) is 12.5. The lowest BCUT2D eigenvalue weighted by Crippen LogP contribution is -1.95. The highest BCUT2D eigenvalue weighted by molar-refractivity contribution is 9.10. The molecule has 0 spiro atoms. The first-order valence-electron chi connectivity index (χ1n) is 5.14. The van der Waals surface area contributed by atoms with Gasteiger partial charge in [-0.25, -0.2) is 0 Å². The summed E-state index contributed by atoms with van der Waals surface area (Å²) >= 11 is 6.92. The van der Waals surface area contributed by atoms with Crippen molar-refractivity contribution in [1.82, 2.24) is 9.78 Å². The van der Waals surface area contributed by atoms with Crippen LogP contribution in [0.5, 0.6) is 5.75 Å². The molecule has 90 valence electrons. The van der Waals surface area contributed by atoms with Crippen molar-refractivity contribution in [3.05, 3.63) is 46.2 Å². The molecular formula is C12H12Br2N2O. The summed E-state index contributed by atoms with van der Waals surface area (Å²) in [6.07, 6.45) is 3.75. The first kappa shape index (κ1) is 12.6. The summed E-state index contributed by atoms with van der Waals surface area (Å²) in [6, 6.07) is 6.06. The van der Waals surface area contributed by atoms with Gasteiger partial charge in [0.25, 0.3) is 0 Å². The van der Waals surface area contributed by atoms with Gasteiger partial charge in [-0.05, 0) is 33.6 Å². The van der Waals surface area contributed by atoms with Crippen LogP contribution in [0.2, 0.25) is 0 Å². The van der Waals surface area contributed by atoms with Crippen LogP contribution in [0.15, 0.2) is 35.1 Å². The number of hydrogen-bond donors (Lipinski definition) is 0. The van der Waals surface area contributed by atoms with Gasteiger partial charge in [0.2, 0.25) is 0 Å². The third-order valence-electron chi connectivity index (χ3n) is 2.30. The van der Waals surface area contributed by atoms with Gasteiger partial charge in [-0.15, -0.1) is 0 Å². The SMILES string of the molecule is Cn1cc(COc2ccc(CBr)cc2Br)cn1. The number of rotatable bonds is 4. The molecule has 0 aliphatic rings. The average Bonchev–Trinajstić information content (AvgIpc) is 2.73. The first-order chi connectivity index (χ1) is 8.19. The van der Waals surface area contributed by atoms with E-state index in [1.807, 2.05) is 31.4 Å². The van der Waals surface area contributed by atoms with Crippen molar-refractivity contribution in [2.45, 2.75) is 11.9 Å². The van der Waals surface area contributed by atoms with Gasteiger partial charge >= 0.3 is 0 Å². The molecule has 0 aliphatic carbocycles. The van der Waals surface area contributed by atoms with E-state index >= 15 is 0 Å². The predicted molar refractivity (Wildman–Crippen MR) is 74.3 cm³/mol. The molecule has 1 heterocycles. The Bertz CT molecular complexity index is 511. The molecule has 0 aliphatic heterocycles. The Hall–Kier alpha value is -0.810. The molecule has 0 bridgehead atoms. The minimum atomic E-state index is 0.528. The largest absolute Gasteiger partial charge is 0.488 e. The molecule has 0 fully saturated rings. The molecule has 1 aromatic carbocycles. The summed E-state index contributed by atoms with van der Waals surface area (Å²) < 4.78 is 8.46. The van der Waals surface area contributed by atoms with Gasteiger partial charge < -0.3 is 4.74 Å². The Morgan fingerprint density at radius 3 is 2.76 bits per heavy atom. The molecule has 0 saturated heterocycles. The first-order valence-corrected chi connectivity index (χ1v) is 7.05. The van der Waals surface area contributed by atoms with Gasteiger partial charge in [0.15, 0.2) is 0 Å². The maximum absolute atomic E-state index is 5.72. The lowest BCUT2D eigenvalue weighted by molar-refractivity contribution is 0.304. The van der Waals surface area contributed by atoms with E-state index in [0.717, 1.165) is 21.1 Å². The molecular weight excluding hydrogens is 348 g/mol. The number of alkyl halides is 1. The normalized spacial score (nSPS) is 10.5. The zero-order valence-electron chi connectivity index (χ0n) is 9.36. The van der Waals surface area contributed by atoms with Crippen LogP contribution in [0.3, 0.4) is 0 Å². The van der Waals surface area contributed by atoms with Crippen LogP contribution in [0, 0.1) is 0 Å². The topological polar surface area (TPSA) is 27.1 Å². The summed E-state index contributed by atoms with van der Waals surface area (Å²) in [5.74, 6) is 0.846. The number of aryl methyl sites for hydroxylation is 1. The van der Waals surface area contributed by atoms with Crippen molar-refractivity contribution in [1.29, 1.82) is 0 Å². The summed E-state index contributed by atoms with van der Waals surface area (Å²) in [4.78, 5) is 0. The molecule has 1 aromatic heterocycles. The quantitative estimate of drug-likeness (QED) is 0.779. The van der Waals surface area contributed by atoms with Gasteiger partial charge in [-0.1, -0.05) is 22.0 Å². The van der Waals surface area contributed by atoms with Crippen LogP contribution in [-0.4, -0.2) is 9.78 Å². The Kier molecular flexibility index (Phi) is 4.23. The Morgan fingerprint density at radius 1 is 1.35 bits per heavy atom. The highest BCUT2D eigenvalue weighted by Gasteiger charge is 2.03. The van der Waals surface area contributed by atoms with Crippen LogP contribution in [-0.2, 0) is 19.0 Å². The third kappa shape index (κ3) is 3.33. The molecule has 0 saturated carbocycles. The van der Waals surface area contributed by atoms with Crippen LogP contribution in [0.4, 0.5) is 0 Å². The van der Waals surface area contributed by atoms with Gasteiger partial charge in [0, 0.05) is 24.1 Å². The average molecular weight is 360 g/mol. The monoisotopic (exact) mass is 358 g/mol. The lowest BCUT2D eigenvalue weighted by Gasteiger charge is -2.07. The fourth-order valence-electron chi connectivity index (χ4n) is 1.45.